The van der Waals surface area contributed by atoms with Crippen molar-refractivity contribution in [2.24, 2.45) is 0 Å². The molecule has 0 aliphatic carbocycles. The summed E-state index contributed by atoms with van der Waals surface area (Å²) in [6.45, 7) is 1.89. The van der Waals surface area contributed by atoms with Crippen molar-refractivity contribution in [2.45, 2.75) is 13.5 Å². The molecule has 0 spiro atoms. The molecule has 6 nitrogen and oxygen atoms in total. The van der Waals surface area contributed by atoms with Crippen molar-refractivity contribution in [3.05, 3.63) is 42.4 Å². The van der Waals surface area contributed by atoms with Gasteiger partial charge in [0.15, 0.2) is 0 Å². The minimum Gasteiger partial charge on any atom is -0.359 e. The molecular weight excluding hydrogens is 311 g/mol. The SMILES string of the molecule is Cc1nc(Cl)nc(NCc2ccc(Cl)s2)c1[N+](=O)[O-]. The molecule has 19 heavy (non-hydrogen) atoms. The minimum atomic E-state index is -0.532. The normalized spacial score (nSPS) is 10.5. The summed E-state index contributed by atoms with van der Waals surface area (Å²) in [5.41, 5.74) is 0.0452. The molecule has 2 aromatic rings. The van der Waals surface area contributed by atoms with E-state index in [-0.39, 0.29) is 22.5 Å². The van der Waals surface area contributed by atoms with E-state index in [1.165, 1.54) is 18.3 Å². The van der Waals surface area contributed by atoms with E-state index < -0.39 is 4.92 Å². The van der Waals surface area contributed by atoms with Crippen LogP contribution < -0.4 is 5.32 Å². The van der Waals surface area contributed by atoms with Gasteiger partial charge >= 0.3 is 5.69 Å². The second kappa shape index (κ2) is 5.68. The number of thiophene rings is 1. The molecule has 0 bridgehead atoms. The minimum absolute atomic E-state index is 0.0326. The van der Waals surface area contributed by atoms with Crippen LogP contribution in [0.3, 0.4) is 0 Å². The van der Waals surface area contributed by atoms with Crippen molar-refractivity contribution in [3.63, 3.8) is 0 Å². The van der Waals surface area contributed by atoms with Gasteiger partial charge in [0.25, 0.3) is 0 Å². The molecule has 1 N–H and O–H groups in total. The van der Waals surface area contributed by atoms with Gasteiger partial charge in [-0.05, 0) is 30.7 Å². The number of halogens is 2. The van der Waals surface area contributed by atoms with Crippen LogP contribution in [-0.4, -0.2) is 14.9 Å². The third-order valence-corrected chi connectivity index (χ3v) is 3.67. The summed E-state index contributed by atoms with van der Waals surface area (Å²) in [6.07, 6.45) is 0. The number of nitrogens with zero attached hydrogens (tertiary/aromatic N) is 3. The molecule has 0 amide bonds. The molecule has 0 radical (unpaired) electrons. The average molecular weight is 319 g/mol. The molecule has 0 saturated carbocycles. The van der Waals surface area contributed by atoms with Crippen molar-refractivity contribution < 1.29 is 4.92 Å². The highest BCUT2D eigenvalue weighted by atomic mass is 35.5. The molecular formula is C10H8Cl2N4O2S. The monoisotopic (exact) mass is 318 g/mol. The summed E-state index contributed by atoms with van der Waals surface area (Å²) in [4.78, 5) is 19.0. The van der Waals surface area contributed by atoms with E-state index in [4.69, 9.17) is 23.2 Å². The zero-order valence-electron chi connectivity index (χ0n) is 9.68. The molecule has 2 aromatic heterocycles. The molecule has 0 aliphatic heterocycles. The zero-order valence-corrected chi connectivity index (χ0v) is 12.0. The first kappa shape index (κ1) is 14.0. The number of aryl methyl sites for hydroxylation is 1. The maximum atomic E-state index is 11.0. The molecule has 9 heteroatoms. The summed E-state index contributed by atoms with van der Waals surface area (Å²) in [5, 5.41) is 13.8. The van der Waals surface area contributed by atoms with Crippen LogP contribution in [-0.2, 0) is 6.54 Å². The van der Waals surface area contributed by atoms with Gasteiger partial charge in [0.05, 0.1) is 15.8 Å². The lowest BCUT2D eigenvalue weighted by molar-refractivity contribution is -0.385. The Morgan fingerprint density at radius 3 is 2.74 bits per heavy atom. The molecule has 0 aromatic carbocycles. The summed E-state index contributed by atoms with van der Waals surface area (Å²) in [5.74, 6) is 0.104. The Labute approximate surface area is 122 Å². The van der Waals surface area contributed by atoms with Gasteiger partial charge in [0.1, 0.15) is 5.69 Å². The van der Waals surface area contributed by atoms with Crippen LogP contribution in [0.15, 0.2) is 12.1 Å². The lowest BCUT2D eigenvalue weighted by atomic mass is 10.3. The maximum absolute atomic E-state index is 11.0. The van der Waals surface area contributed by atoms with E-state index in [1.54, 1.807) is 6.07 Å². The van der Waals surface area contributed by atoms with E-state index in [0.29, 0.717) is 10.9 Å². The van der Waals surface area contributed by atoms with Crippen molar-refractivity contribution in [3.8, 4) is 0 Å². The first-order chi connectivity index (χ1) is 8.97. The summed E-state index contributed by atoms with van der Waals surface area (Å²) < 4.78 is 0.656. The number of rotatable bonds is 4. The van der Waals surface area contributed by atoms with Gasteiger partial charge in [0.2, 0.25) is 11.1 Å². The molecule has 2 heterocycles. The van der Waals surface area contributed by atoms with Crippen LogP contribution in [0.2, 0.25) is 9.62 Å². The molecule has 0 saturated heterocycles. The van der Waals surface area contributed by atoms with E-state index >= 15 is 0 Å². The summed E-state index contributed by atoms with van der Waals surface area (Å²) >= 11 is 12.9. The number of nitrogens with one attached hydrogen (secondary N) is 1. The van der Waals surface area contributed by atoms with Gasteiger partial charge in [-0.25, -0.2) is 4.98 Å². The summed E-state index contributed by atoms with van der Waals surface area (Å²) in [6, 6.07) is 3.59. The van der Waals surface area contributed by atoms with Crippen LogP contribution in [0.5, 0.6) is 0 Å². The first-order valence-corrected chi connectivity index (χ1v) is 6.71. The number of hydrogen-bond donors (Lipinski definition) is 1. The van der Waals surface area contributed by atoms with Gasteiger partial charge < -0.3 is 5.32 Å². The van der Waals surface area contributed by atoms with Gasteiger partial charge in [-0.1, -0.05) is 11.6 Å². The average Bonchev–Trinajstić information content (AvgIpc) is 2.71. The van der Waals surface area contributed by atoms with E-state index in [0.717, 1.165) is 4.88 Å². The largest absolute Gasteiger partial charge is 0.359 e. The maximum Gasteiger partial charge on any atom is 0.332 e. The second-order valence-corrected chi connectivity index (χ2v) is 5.73. The predicted molar refractivity (Wildman–Crippen MR) is 75.1 cm³/mol. The molecule has 100 valence electrons. The fourth-order valence-electron chi connectivity index (χ4n) is 1.49. The number of aromatic nitrogens is 2. The second-order valence-electron chi connectivity index (χ2n) is 3.59. The lowest BCUT2D eigenvalue weighted by Crippen LogP contribution is -2.07. The number of nitro groups is 1. The van der Waals surface area contributed by atoms with Gasteiger partial charge in [-0.3, -0.25) is 10.1 Å². The highest BCUT2D eigenvalue weighted by Gasteiger charge is 2.21. The molecule has 0 aliphatic rings. The van der Waals surface area contributed by atoms with Crippen molar-refractivity contribution >= 4 is 46.0 Å². The van der Waals surface area contributed by atoms with Crippen LogP contribution >= 0.6 is 34.5 Å². The quantitative estimate of drug-likeness (QED) is 0.528. The zero-order chi connectivity index (χ0) is 14.0. The molecule has 0 unspecified atom stereocenters. The molecule has 0 fully saturated rings. The van der Waals surface area contributed by atoms with Crippen molar-refractivity contribution in [1.82, 2.24) is 9.97 Å². The van der Waals surface area contributed by atoms with E-state index in [1.807, 2.05) is 6.07 Å². The molecule has 0 atom stereocenters. The Kier molecular flexibility index (Phi) is 4.18. The Morgan fingerprint density at radius 1 is 1.42 bits per heavy atom. The number of hydrogen-bond acceptors (Lipinski definition) is 6. The van der Waals surface area contributed by atoms with Gasteiger partial charge in [-0.15, -0.1) is 11.3 Å². The van der Waals surface area contributed by atoms with Crippen LogP contribution in [0.1, 0.15) is 10.6 Å². The third kappa shape index (κ3) is 3.31. The Balaban J connectivity index is 2.26. The highest BCUT2D eigenvalue weighted by molar-refractivity contribution is 7.16. The fraction of sp³-hybridized carbons (Fsp3) is 0.200. The predicted octanol–water partition coefficient (Wildman–Crippen LogP) is 3.67. The first-order valence-electron chi connectivity index (χ1n) is 5.14. The lowest BCUT2D eigenvalue weighted by Gasteiger charge is -2.06. The van der Waals surface area contributed by atoms with Crippen LogP contribution in [0.4, 0.5) is 11.5 Å². The molecule has 2 rings (SSSR count). The van der Waals surface area contributed by atoms with E-state index in [2.05, 4.69) is 15.3 Å². The Morgan fingerprint density at radius 2 is 2.16 bits per heavy atom. The Bertz CT molecular complexity index is 632. The van der Waals surface area contributed by atoms with Crippen LogP contribution in [0, 0.1) is 17.0 Å². The van der Waals surface area contributed by atoms with Crippen LogP contribution in [0.25, 0.3) is 0 Å². The smallest absolute Gasteiger partial charge is 0.332 e. The van der Waals surface area contributed by atoms with Crippen molar-refractivity contribution in [1.29, 1.82) is 0 Å². The topological polar surface area (TPSA) is 81.0 Å². The third-order valence-electron chi connectivity index (χ3n) is 2.27. The van der Waals surface area contributed by atoms with Gasteiger partial charge in [-0.2, -0.15) is 4.98 Å². The summed E-state index contributed by atoms with van der Waals surface area (Å²) in [7, 11) is 0. The fourth-order valence-corrected chi connectivity index (χ4v) is 2.73. The highest BCUT2D eigenvalue weighted by Crippen LogP contribution is 2.28. The standard InChI is InChI=1S/C10H8Cl2N4O2S/c1-5-8(16(17)18)9(15-10(12)14-5)13-4-6-2-3-7(11)19-6/h2-3H,4H2,1H3,(H,13,14,15). The van der Waals surface area contributed by atoms with E-state index in [9.17, 15) is 10.1 Å². The Hall–Kier alpha value is -1.44. The van der Waals surface area contributed by atoms with Gasteiger partial charge in [0, 0.05) is 4.88 Å². The number of anilines is 1. The van der Waals surface area contributed by atoms with Crippen molar-refractivity contribution in [2.75, 3.05) is 5.32 Å².